The normalized spacial score (nSPS) is 10.9. The molecule has 3 aromatic carbocycles. The summed E-state index contributed by atoms with van der Waals surface area (Å²) >= 11 is 0. The minimum absolute atomic E-state index is 0.110. The quantitative estimate of drug-likeness (QED) is 0.154. The zero-order chi connectivity index (χ0) is 27.4. The molecule has 0 aliphatic carbocycles. The number of nitrogens with zero attached hydrogens (tertiary/aromatic N) is 2. The van der Waals surface area contributed by atoms with E-state index in [0.29, 0.717) is 12.1 Å². The third kappa shape index (κ3) is 5.10. The summed E-state index contributed by atoms with van der Waals surface area (Å²) in [5, 5.41) is 14.0. The maximum absolute atomic E-state index is 16.1. The van der Waals surface area contributed by atoms with Crippen molar-refractivity contribution >= 4 is 34.2 Å². The summed E-state index contributed by atoms with van der Waals surface area (Å²) in [5.41, 5.74) is -1.38. The Morgan fingerprint density at radius 2 is 1.71 bits per heavy atom. The van der Waals surface area contributed by atoms with Crippen LogP contribution in [0.1, 0.15) is 46.9 Å². The van der Waals surface area contributed by atoms with Crippen molar-refractivity contribution in [1.29, 1.82) is 0 Å². The van der Waals surface area contributed by atoms with Gasteiger partial charge in [-0.3, -0.25) is 19.7 Å². The molecule has 0 spiro atoms. The second kappa shape index (κ2) is 11.2. The van der Waals surface area contributed by atoms with E-state index in [1.165, 1.54) is 24.1 Å². The third-order valence-electron chi connectivity index (χ3n) is 6.16. The van der Waals surface area contributed by atoms with Crippen molar-refractivity contribution in [3.63, 3.8) is 0 Å². The number of nitrogens with one attached hydrogen (secondary N) is 1. The van der Waals surface area contributed by atoms with Gasteiger partial charge in [-0.05, 0) is 42.8 Å². The Hall–Kier alpha value is -4.60. The molecule has 10 heteroatoms. The largest absolute Gasteiger partial charge is 0.455 e. The zero-order valence-corrected chi connectivity index (χ0v) is 20.8. The van der Waals surface area contributed by atoms with E-state index < -0.39 is 39.6 Å². The van der Waals surface area contributed by atoms with Gasteiger partial charge in [-0.2, -0.15) is 0 Å². The molecule has 0 atom stereocenters. The average Bonchev–Trinajstić information content (AvgIpc) is 3.30. The molecule has 0 fully saturated rings. The number of nitro benzene ring substituents is 1. The van der Waals surface area contributed by atoms with E-state index in [-0.39, 0.29) is 34.4 Å². The van der Waals surface area contributed by atoms with E-state index >= 15 is 4.39 Å². The number of amides is 2. The Bertz CT molecular complexity index is 1500. The molecule has 1 aromatic heterocycles. The van der Waals surface area contributed by atoms with Crippen LogP contribution < -0.4 is 10.2 Å². The van der Waals surface area contributed by atoms with Crippen molar-refractivity contribution in [1.82, 2.24) is 5.32 Å². The molecule has 1 N–H and O–H groups in total. The van der Waals surface area contributed by atoms with Gasteiger partial charge in [0, 0.05) is 24.8 Å². The number of anilines is 1. The fraction of sp³-hybridized carbons (Fsp3) is 0.214. The number of unbranched alkanes of at least 4 members (excludes halogenated alkanes) is 2. The molecule has 0 radical (unpaired) electrons. The molecule has 2 amide bonds. The van der Waals surface area contributed by atoms with Gasteiger partial charge in [-0.15, -0.1) is 0 Å². The van der Waals surface area contributed by atoms with E-state index in [1.54, 1.807) is 30.3 Å². The molecular weight excluding hydrogens is 496 g/mol. The number of carbonyl (C=O) groups is 2. The molecule has 0 unspecified atom stereocenters. The fourth-order valence-corrected chi connectivity index (χ4v) is 4.17. The lowest BCUT2D eigenvalue weighted by atomic mass is 10.0. The number of benzene rings is 3. The van der Waals surface area contributed by atoms with Gasteiger partial charge in [0.05, 0.1) is 21.9 Å². The molecule has 196 valence electrons. The van der Waals surface area contributed by atoms with E-state index in [9.17, 15) is 24.1 Å². The number of nitro groups is 1. The monoisotopic (exact) mass is 521 g/mol. The highest BCUT2D eigenvalue weighted by atomic mass is 19.1. The molecule has 0 saturated heterocycles. The lowest BCUT2D eigenvalue weighted by Gasteiger charge is -2.17. The van der Waals surface area contributed by atoms with E-state index in [2.05, 4.69) is 5.32 Å². The van der Waals surface area contributed by atoms with Gasteiger partial charge >= 0.3 is 0 Å². The van der Waals surface area contributed by atoms with Crippen LogP contribution in [-0.4, -0.2) is 30.3 Å². The highest BCUT2D eigenvalue weighted by Gasteiger charge is 2.34. The summed E-state index contributed by atoms with van der Waals surface area (Å²) in [7, 11) is 1.48. The molecule has 4 aromatic rings. The maximum atomic E-state index is 16.1. The van der Waals surface area contributed by atoms with Crippen molar-refractivity contribution in [2.24, 2.45) is 0 Å². The summed E-state index contributed by atoms with van der Waals surface area (Å²) in [6.45, 7) is 2.18. The molecule has 8 nitrogen and oxygen atoms in total. The maximum Gasteiger partial charge on any atom is 0.288 e. The topological polar surface area (TPSA) is 106 Å². The second-order valence-corrected chi connectivity index (χ2v) is 8.69. The minimum atomic E-state index is -1.25. The zero-order valence-electron chi connectivity index (χ0n) is 20.8. The SMILES string of the molecule is CCCCCNC(=O)c1c([N+](=O)[O-])cc2oc(-c3ccc(F)cc3)c(C(=O)N(C)c3ccccc3)c2c1F. The Morgan fingerprint density at radius 1 is 1.03 bits per heavy atom. The number of rotatable bonds is 9. The Balaban J connectivity index is 1.95. The van der Waals surface area contributed by atoms with Gasteiger partial charge in [-0.1, -0.05) is 38.0 Å². The molecule has 0 saturated carbocycles. The molecule has 1 heterocycles. The van der Waals surface area contributed by atoms with E-state index in [0.717, 1.165) is 31.0 Å². The number of carbonyl (C=O) groups excluding carboxylic acids is 2. The first-order chi connectivity index (χ1) is 18.2. The van der Waals surface area contributed by atoms with Crippen molar-refractivity contribution in [3.8, 4) is 11.3 Å². The Kier molecular flexibility index (Phi) is 7.80. The van der Waals surface area contributed by atoms with Gasteiger partial charge in [0.1, 0.15) is 17.2 Å². The number of hydrogen-bond donors (Lipinski definition) is 1. The number of para-hydroxylation sites is 1. The number of hydrogen-bond acceptors (Lipinski definition) is 5. The average molecular weight is 522 g/mol. The minimum Gasteiger partial charge on any atom is -0.455 e. The molecular formula is C28H25F2N3O5. The van der Waals surface area contributed by atoms with Crippen LogP contribution in [0.2, 0.25) is 0 Å². The summed E-state index contributed by atoms with van der Waals surface area (Å²) in [4.78, 5) is 38.9. The van der Waals surface area contributed by atoms with Crippen LogP contribution in [-0.2, 0) is 0 Å². The van der Waals surface area contributed by atoms with Crippen LogP contribution in [0.4, 0.5) is 20.2 Å². The molecule has 0 bridgehead atoms. The highest BCUT2D eigenvalue weighted by molar-refractivity contribution is 6.18. The number of fused-ring (bicyclic) bond motifs is 1. The lowest BCUT2D eigenvalue weighted by Crippen LogP contribution is -2.28. The van der Waals surface area contributed by atoms with Crippen molar-refractivity contribution < 1.29 is 27.7 Å². The molecule has 0 aliphatic heterocycles. The summed E-state index contributed by atoms with van der Waals surface area (Å²) in [6.07, 6.45) is 2.32. The van der Waals surface area contributed by atoms with Gasteiger partial charge < -0.3 is 14.6 Å². The van der Waals surface area contributed by atoms with Crippen LogP contribution in [0.5, 0.6) is 0 Å². The first kappa shape index (κ1) is 26.5. The molecule has 0 aliphatic rings. The van der Waals surface area contributed by atoms with Gasteiger partial charge in [0.25, 0.3) is 17.5 Å². The molecule has 4 rings (SSSR count). The predicted octanol–water partition coefficient (Wildman–Crippen LogP) is 6.48. The number of furan rings is 1. The summed E-state index contributed by atoms with van der Waals surface area (Å²) in [5.74, 6) is -3.54. The van der Waals surface area contributed by atoms with Gasteiger partial charge in [0.15, 0.2) is 11.4 Å². The van der Waals surface area contributed by atoms with Gasteiger partial charge in [-0.25, -0.2) is 8.78 Å². The first-order valence-electron chi connectivity index (χ1n) is 12.0. The van der Waals surface area contributed by atoms with Crippen molar-refractivity contribution in [3.05, 3.63) is 93.5 Å². The van der Waals surface area contributed by atoms with Crippen LogP contribution in [0.15, 0.2) is 65.1 Å². The Labute approximate surface area is 217 Å². The second-order valence-electron chi connectivity index (χ2n) is 8.69. The highest BCUT2D eigenvalue weighted by Crippen LogP contribution is 2.40. The van der Waals surface area contributed by atoms with E-state index in [1.807, 2.05) is 6.92 Å². The van der Waals surface area contributed by atoms with Gasteiger partial charge in [0.2, 0.25) is 0 Å². The van der Waals surface area contributed by atoms with Crippen LogP contribution in [0, 0.1) is 21.7 Å². The van der Waals surface area contributed by atoms with Crippen molar-refractivity contribution in [2.45, 2.75) is 26.2 Å². The smallest absolute Gasteiger partial charge is 0.288 e. The number of halogens is 2. The first-order valence-corrected chi connectivity index (χ1v) is 12.0. The predicted molar refractivity (Wildman–Crippen MR) is 139 cm³/mol. The van der Waals surface area contributed by atoms with Crippen molar-refractivity contribution in [2.75, 3.05) is 18.5 Å². The van der Waals surface area contributed by atoms with Crippen LogP contribution >= 0.6 is 0 Å². The lowest BCUT2D eigenvalue weighted by molar-refractivity contribution is -0.385. The fourth-order valence-electron chi connectivity index (χ4n) is 4.17. The van der Waals surface area contributed by atoms with Crippen LogP contribution in [0.25, 0.3) is 22.3 Å². The third-order valence-corrected chi connectivity index (χ3v) is 6.16. The van der Waals surface area contributed by atoms with E-state index in [4.69, 9.17) is 4.42 Å². The summed E-state index contributed by atoms with van der Waals surface area (Å²) in [6, 6.07) is 14.5. The standard InChI is InChI=1S/C28H25F2N3O5/c1-3-4-8-15-31-27(34)22-20(33(36)37)16-21-23(25(22)30)24(26(38-21)17-11-13-18(29)14-12-17)28(35)32(2)19-9-6-5-7-10-19/h5-7,9-14,16H,3-4,8,15H2,1-2H3,(H,31,34). The summed E-state index contributed by atoms with van der Waals surface area (Å²) < 4.78 is 35.6. The van der Waals surface area contributed by atoms with Crippen LogP contribution in [0.3, 0.4) is 0 Å². The molecule has 38 heavy (non-hydrogen) atoms. The Morgan fingerprint density at radius 3 is 2.34 bits per heavy atom.